The lowest BCUT2D eigenvalue weighted by Gasteiger charge is -2.22. The number of nitrogens with zero attached hydrogens (tertiary/aromatic N) is 2. The molecule has 126 valence electrons. The van der Waals surface area contributed by atoms with Gasteiger partial charge in [0, 0.05) is 9.77 Å². The highest BCUT2D eigenvalue weighted by molar-refractivity contribution is 14.1. The molecule has 0 saturated carbocycles. The molecule has 0 aliphatic heterocycles. The minimum Gasteiger partial charge on any atom is -0.484 e. The van der Waals surface area contributed by atoms with Crippen molar-refractivity contribution < 1.29 is 9.53 Å². The summed E-state index contributed by atoms with van der Waals surface area (Å²) in [5.41, 5.74) is 1.04. The quantitative estimate of drug-likeness (QED) is 0.533. The molecule has 1 aromatic heterocycles. The van der Waals surface area contributed by atoms with Crippen molar-refractivity contribution >= 4 is 34.3 Å². The van der Waals surface area contributed by atoms with Crippen molar-refractivity contribution in [1.82, 2.24) is 4.98 Å². The SMILES string of the molecule is O=C(COc1ccc(I)cc1)N(Cc1ccccc1)c1ccccn1. The van der Waals surface area contributed by atoms with E-state index in [0.717, 1.165) is 9.13 Å². The maximum Gasteiger partial charge on any atom is 0.266 e. The average molecular weight is 444 g/mol. The molecule has 0 radical (unpaired) electrons. The van der Waals surface area contributed by atoms with Crippen LogP contribution in [-0.2, 0) is 11.3 Å². The standard InChI is InChI=1S/C20H17IN2O2/c21-17-9-11-18(12-10-17)25-15-20(24)23(19-8-4-5-13-22-19)14-16-6-2-1-3-7-16/h1-13H,14-15H2. The normalized spacial score (nSPS) is 10.3. The average Bonchev–Trinajstić information content (AvgIpc) is 2.67. The van der Waals surface area contributed by atoms with Crippen molar-refractivity contribution in [2.24, 2.45) is 0 Å². The van der Waals surface area contributed by atoms with Crippen LogP contribution in [0.25, 0.3) is 0 Å². The van der Waals surface area contributed by atoms with E-state index in [0.29, 0.717) is 18.1 Å². The fourth-order valence-electron chi connectivity index (χ4n) is 2.33. The molecule has 5 heteroatoms. The molecule has 0 bridgehead atoms. The van der Waals surface area contributed by atoms with Gasteiger partial charge in [0.2, 0.25) is 0 Å². The van der Waals surface area contributed by atoms with Crippen molar-refractivity contribution in [3.8, 4) is 5.75 Å². The number of carbonyl (C=O) groups is 1. The van der Waals surface area contributed by atoms with Gasteiger partial charge in [-0.25, -0.2) is 4.98 Å². The van der Waals surface area contributed by atoms with Gasteiger partial charge in [-0.05, 0) is 64.6 Å². The van der Waals surface area contributed by atoms with Crippen LogP contribution in [-0.4, -0.2) is 17.5 Å². The number of rotatable bonds is 6. The first kappa shape index (κ1) is 17.4. The lowest BCUT2D eigenvalue weighted by atomic mass is 10.2. The van der Waals surface area contributed by atoms with E-state index in [9.17, 15) is 4.79 Å². The molecule has 0 atom stereocenters. The van der Waals surface area contributed by atoms with E-state index < -0.39 is 0 Å². The Morgan fingerprint density at radius 1 is 0.960 bits per heavy atom. The van der Waals surface area contributed by atoms with Gasteiger partial charge in [-0.3, -0.25) is 9.69 Å². The van der Waals surface area contributed by atoms with Crippen LogP contribution in [0.5, 0.6) is 5.75 Å². The summed E-state index contributed by atoms with van der Waals surface area (Å²) < 4.78 is 6.76. The van der Waals surface area contributed by atoms with Gasteiger partial charge >= 0.3 is 0 Å². The summed E-state index contributed by atoms with van der Waals surface area (Å²) in [4.78, 5) is 18.7. The summed E-state index contributed by atoms with van der Waals surface area (Å²) in [6, 6.07) is 23.0. The summed E-state index contributed by atoms with van der Waals surface area (Å²) in [5.74, 6) is 1.15. The molecule has 0 unspecified atom stereocenters. The first-order valence-electron chi connectivity index (χ1n) is 7.86. The van der Waals surface area contributed by atoms with Crippen molar-refractivity contribution in [3.05, 3.63) is 88.1 Å². The minimum absolute atomic E-state index is 0.0377. The van der Waals surface area contributed by atoms with Crippen LogP contribution in [0, 0.1) is 3.57 Å². The van der Waals surface area contributed by atoms with E-state index >= 15 is 0 Å². The molecule has 0 aliphatic carbocycles. The molecule has 0 N–H and O–H groups in total. The Hall–Kier alpha value is -2.41. The molecule has 3 aromatic rings. The lowest BCUT2D eigenvalue weighted by molar-refractivity contribution is -0.120. The highest BCUT2D eigenvalue weighted by Gasteiger charge is 2.18. The Morgan fingerprint density at radius 2 is 1.68 bits per heavy atom. The van der Waals surface area contributed by atoms with Crippen LogP contribution in [0.3, 0.4) is 0 Å². The number of ether oxygens (including phenoxy) is 1. The second-order valence-corrected chi connectivity index (χ2v) is 6.64. The number of aromatic nitrogens is 1. The van der Waals surface area contributed by atoms with Gasteiger partial charge in [-0.15, -0.1) is 0 Å². The minimum atomic E-state index is -0.138. The molecule has 1 heterocycles. The first-order valence-corrected chi connectivity index (χ1v) is 8.94. The Balaban J connectivity index is 1.74. The Kier molecular flexibility index (Phi) is 6.00. The van der Waals surface area contributed by atoms with Gasteiger partial charge < -0.3 is 4.74 Å². The molecular formula is C20H17IN2O2. The molecule has 0 spiro atoms. The molecule has 2 aromatic carbocycles. The van der Waals surface area contributed by atoms with E-state index in [4.69, 9.17) is 4.74 Å². The third-order valence-electron chi connectivity index (χ3n) is 3.59. The topological polar surface area (TPSA) is 42.4 Å². The maximum absolute atomic E-state index is 12.7. The zero-order valence-electron chi connectivity index (χ0n) is 13.5. The number of hydrogen-bond acceptors (Lipinski definition) is 3. The summed E-state index contributed by atoms with van der Waals surface area (Å²) in [7, 11) is 0. The van der Waals surface area contributed by atoms with Crippen LogP contribution in [0.4, 0.5) is 5.82 Å². The molecule has 1 amide bonds. The Labute approximate surface area is 160 Å². The zero-order chi connectivity index (χ0) is 17.5. The van der Waals surface area contributed by atoms with Crippen molar-refractivity contribution in [3.63, 3.8) is 0 Å². The zero-order valence-corrected chi connectivity index (χ0v) is 15.7. The van der Waals surface area contributed by atoms with Crippen LogP contribution < -0.4 is 9.64 Å². The fourth-order valence-corrected chi connectivity index (χ4v) is 2.69. The van der Waals surface area contributed by atoms with Gasteiger partial charge in [0.1, 0.15) is 11.6 Å². The molecule has 4 nitrogen and oxygen atoms in total. The molecule has 25 heavy (non-hydrogen) atoms. The molecule has 3 rings (SSSR count). The van der Waals surface area contributed by atoms with Crippen LogP contribution in [0.15, 0.2) is 79.0 Å². The third-order valence-corrected chi connectivity index (χ3v) is 4.31. The highest BCUT2D eigenvalue weighted by Crippen LogP contribution is 2.17. The molecule has 0 aliphatic rings. The summed E-state index contributed by atoms with van der Waals surface area (Å²) in [6.45, 7) is 0.413. The molecule has 0 saturated heterocycles. The fraction of sp³-hybridized carbons (Fsp3) is 0.100. The first-order chi connectivity index (χ1) is 12.2. The lowest BCUT2D eigenvalue weighted by Crippen LogP contribution is -2.35. The molecule has 0 fully saturated rings. The summed E-state index contributed by atoms with van der Waals surface area (Å²) in [6.07, 6.45) is 1.68. The number of halogens is 1. The number of amides is 1. The van der Waals surface area contributed by atoms with Crippen molar-refractivity contribution in [2.75, 3.05) is 11.5 Å². The maximum atomic E-state index is 12.7. The van der Waals surface area contributed by atoms with Gasteiger partial charge in [-0.1, -0.05) is 36.4 Å². The third kappa shape index (κ3) is 5.03. The van der Waals surface area contributed by atoms with Gasteiger partial charge in [0.25, 0.3) is 5.91 Å². The van der Waals surface area contributed by atoms with Crippen LogP contribution in [0.1, 0.15) is 5.56 Å². The van der Waals surface area contributed by atoms with Crippen LogP contribution in [0.2, 0.25) is 0 Å². The van der Waals surface area contributed by atoms with Crippen molar-refractivity contribution in [2.45, 2.75) is 6.54 Å². The number of pyridine rings is 1. The van der Waals surface area contributed by atoms with Gasteiger partial charge in [0.15, 0.2) is 6.61 Å². The number of benzene rings is 2. The Bertz CT molecular complexity index is 808. The molecular weight excluding hydrogens is 427 g/mol. The van der Waals surface area contributed by atoms with Crippen molar-refractivity contribution in [1.29, 1.82) is 0 Å². The number of carbonyl (C=O) groups excluding carboxylic acids is 1. The Morgan fingerprint density at radius 3 is 2.36 bits per heavy atom. The highest BCUT2D eigenvalue weighted by atomic mass is 127. The second kappa shape index (κ2) is 8.62. The second-order valence-electron chi connectivity index (χ2n) is 5.40. The predicted molar refractivity (Wildman–Crippen MR) is 107 cm³/mol. The summed E-state index contributed by atoms with van der Waals surface area (Å²) in [5, 5.41) is 0. The van der Waals surface area contributed by atoms with E-state index in [2.05, 4.69) is 27.6 Å². The number of hydrogen-bond donors (Lipinski definition) is 0. The predicted octanol–water partition coefficient (Wildman–Crippen LogP) is 4.30. The van der Waals surface area contributed by atoms with Crippen LogP contribution >= 0.6 is 22.6 Å². The van der Waals surface area contributed by atoms with Gasteiger partial charge in [-0.2, -0.15) is 0 Å². The summed E-state index contributed by atoms with van der Waals surface area (Å²) >= 11 is 2.23. The number of anilines is 1. The van der Waals surface area contributed by atoms with Gasteiger partial charge in [0.05, 0.1) is 6.54 Å². The van der Waals surface area contributed by atoms with E-state index in [-0.39, 0.29) is 12.5 Å². The smallest absolute Gasteiger partial charge is 0.266 e. The largest absolute Gasteiger partial charge is 0.484 e. The van der Waals surface area contributed by atoms with E-state index in [1.807, 2.05) is 72.8 Å². The monoisotopic (exact) mass is 444 g/mol. The van der Waals surface area contributed by atoms with E-state index in [1.54, 1.807) is 11.1 Å². The van der Waals surface area contributed by atoms with E-state index in [1.165, 1.54) is 0 Å².